The summed E-state index contributed by atoms with van der Waals surface area (Å²) in [6.45, 7) is 7.02. The third kappa shape index (κ3) is 6.28. The minimum absolute atomic E-state index is 0.147. The fourth-order valence-electron chi connectivity index (χ4n) is 2.20. The van der Waals surface area contributed by atoms with E-state index in [-0.39, 0.29) is 6.03 Å². The van der Waals surface area contributed by atoms with E-state index < -0.39 is 0 Å². The number of aryl methyl sites for hydroxylation is 2. The van der Waals surface area contributed by atoms with Crippen LogP contribution in [0.15, 0.2) is 53.4 Å². The molecule has 0 aromatic heterocycles. The molecular formula is C20H26N2OS. The van der Waals surface area contributed by atoms with Gasteiger partial charge in [0.15, 0.2) is 0 Å². The van der Waals surface area contributed by atoms with Crippen LogP contribution in [0.4, 0.5) is 10.5 Å². The number of anilines is 1. The van der Waals surface area contributed by atoms with Crippen LogP contribution in [0.5, 0.6) is 0 Å². The van der Waals surface area contributed by atoms with Crippen LogP contribution in [-0.2, 0) is 6.42 Å². The number of hydrogen-bond acceptors (Lipinski definition) is 2. The highest BCUT2D eigenvalue weighted by molar-refractivity contribution is 7.99. The monoisotopic (exact) mass is 342 g/mol. The molecule has 2 N–H and O–H groups in total. The zero-order valence-corrected chi connectivity index (χ0v) is 15.5. The predicted octanol–water partition coefficient (Wildman–Crippen LogP) is 5.11. The number of carbonyl (C=O) groups is 1. The third-order valence-electron chi connectivity index (χ3n) is 3.79. The van der Waals surface area contributed by atoms with Crippen molar-refractivity contribution in [3.63, 3.8) is 0 Å². The highest BCUT2D eigenvalue weighted by Gasteiger charge is 2.07. The highest BCUT2D eigenvalue weighted by atomic mass is 32.2. The molecule has 0 spiro atoms. The zero-order chi connectivity index (χ0) is 17.4. The number of amides is 2. The van der Waals surface area contributed by atoms with Crippen molar-refractivity contribution in [1.29, 1.82) is 0 Å². The highest BCUT2D eigenvalue weighted by Crippen LogP contribution is 2.20. The third-order valence-corrected chi connectivity index (χ3v) is 5.13. The number of carbonyl (C=O) groups excluding carboxylic acids is 1. The lowest BCUT2D eigenvalue weighted by Crippen LogP contribution is -2.32. The second-order valence-electron chi connectivity index (χ2n) is 6.11. The molecule has 4 heteroatoms. The summed E-state index contributed by atoms with van der Waals surface area (Å²) in [5.74, 6) is 1.39. The summed E-state index contributed by atoms with van der Waals surface area (Å²) in [7, 11) is 0. The van der Waals surface area contributed by atoms with Gasteiger partial charge in [-0.15, -0.1) is 11.8 Å². The molecule has 0 aliphatic carbocycles. The molecule has 3 nitrogen and oxygen atoms in total. The van der Waals surface area contributed by atoms with Crippen molar-refractivity contribution in [1.82, 2.24) is 5.32 Å². The van der Waals surface area contributed by atoms with E-state index >= 15 is 0 Å². The first kappa shape index (κ1) is 18.4. The van der Waals surface area contributed by atoms with Crippen molar-refractivity contribution >= 4 is 23.5 Å². The molecule has 0 saturated carbocycles. The van der Waals surface area contributed by atoms with Gasteiger partial charge in [0.1, 0.15) is 0 Å². The molecule has 0 saturated heterocycles. The Balaban J connectivity index is 1.69. The summed E-state index contributed by atoms with van der Waals surface area (Å²) < 4.78 is 0. The Hall–Kier alpha value is -1.94. The van der Waals surface area contributed by atoms with Crippen LogP contribution in [0.3, 0.4) is 0 Å². The fraction of sp³-hybridized carbons (Fsp3) is 0.350. The lowest BCUT2D eigenvalue weighted by molar-refractivity contribution is 0.251. The van der Waals surface area contributed by atoms with Crippen LogP contribution in [0, 0.1) is 12.8 Å². The van der Waals surface area contributed by atoms with E-state index in [4.69, 9.17) is 0 Å². The second kappa shape index (κ2) is 9.38. The lowest BCUT2D eigenvalue weighted by Gasteiger charge is -2.13. The van der Waals surface area contributed by atoms with E-state index in [2.05, 4.69) is 55.7 Å². The Morgan fingerprint density at radius 1 is 1.08 bits per heavy atom. The van der Waals surface area contributed by atoms with Gasteiger partial charge in [-0.1, -0.05) is 43.7 Å². The topological polar surface area (TPSA) is 41.1 Å². The maximum atomic E-state index is 12.0. The summed E-state index contributed by atoms with van der Waals surface area (Å²) in [4.78, 5) is 13.2. The minimum Gasteiger partial charge on any atom is -0.338 e. The summed E-state index contributed by atoms with van der Waals surface area (Å²) in [5.41, 5.74) is 3.37. The summed E-state index contributed by atoms with van der Waals surface area (Å²) in [6.07, 6.45) is 1.00. The summed E-state index contributed by atoms with van der Waals surface area (Å²) in [5, 5.41) is 5.81. The number of urea groups is 1. The largest absolute Gasteiger partial charge is 0.338 e. The molecule has 2 amide bonds. The number of hydrogen-bond donors (Lipinski definition) is 2. The summed E-state index contributed by atoms with van der Waals surface area (Å²) in [6, 6.07) is 16.4. The van der Waals surface area contributed by atoms with Crippen LogP contribution < -0.4 is 10.6 Å². The lowest BCUT2D eigenvalue weighted by atomic mass is 10.1. The molecule has 0 heterocycles. The number of thioether (sulfide) groups is 1. The van der Waals surface area contributed by atoms with Crippen LogP contribution in [0.2, 0.25) is 0 Å². The van der Waals surface area contributed by atoms with E-state index in [1.165, 1.54) is 16.0 Å². The average molecular weight is 343 g/mol. The molecule has 2 aromatic rings. The van der Waals surface area contributed by atoms with Crippen molar-refractivity contribution in [2.75, 3.05) is 17.6 Å². The molecule has 0 aliphatic rings. The molecule has 0 radical (unpaired) electrons. The van der Waals surface area contributed by atoms with E-state index in [1.807, 2.05) is 36.0 Å². The quantitative estimate of drug-likeness (QED) is 0.687. The molecule has 0 fully saturated rings. The van der Waals surface area contributed by atoms with Gasteiger partial charge in [0.25, 0.3) is 0 Å². The number of rotatable bonds is 7. The minimum atomic E-state index is -0.147. The molecule has 0 aliphatic heterocycles. The van der Waals surface area contributed by atoms with Gasteiger partial charge >= 0.3 is 6.03 Å². The van der Waals surface area contributed by atoms with Gasteiger partial charge < -0.3 is 10.6 Å². The molecular weight excluding hydrogens is 316 g/mol. The molecule has 0 bridgehead atoms. The van der Waals surface area contributed by atoms with Crippen LogP contribution >= 0.6 is 11.8 Å². The molecule has 2 rings (SSSR count). The maximum absolute atomic E-state index is 12.0. The van der Waals surface area contributed by atoms with Gasteiger partial charge in [0.05, 0.1) is 0 Å². The van der Waals surface area contributed by atoms with Crippen molar-refractivity contribution in [2.45, 2.75) is 32.1 Å². The van der Waals surface area contributed by atoms with Crippen LogP contribution in [-0.4, -0.2) is 18.3 Å². The molecule has 128 valence electrons. The average Bonchev–Trinajstić information content (AvgIpc) is 2.60. The Labute approximate surface area is 149 Å². The van der Waals surface area contributed by atoms with Gasteiger partial charge in [-0.2, -0.15) is 0 Å². The van der Waals surface area contributed by atoms with Crippen LogP contribution in [0.1, 0.15) is 25.0 Å². The SMILES string of the molecule is CCc1ccc(NC(=O)NCC(C)CSc2ccc(C)cc2)cc1. The van der Waals surface area contributed by atoms with Gasteiger partial charge in [-0.25, -0.2) is 4.79 Å². The smallest absolute Gasteiger partial charge is 0.319 e. The van der Waals surface area contributed by atoms with Gasteiger partial charge in [-0.3, -0.25) is 0 Å². The normalized spacial score (nSPS) is 11.8. The van der Waals surface area contributed by atoms with Crippen molar-refractivity contribution < 1.29 is 4.79 Å². The van der Waals surface area contributed by atoms with Gasteiger partial charge in [0.2, 0.25) is 0 Å². The molecule has 2 aromatic carbocycles. The van der Waals surface area contributed by atoms with E-state index in [9.17, 15) is 4.79 Å². The van der Waals surface area contributed by atoms with Gasteiger partial charge in [0, 0.05) is 22.9 Å². The Morgan fingerprint density at radius 2 is 1.75 bits per heavy atom. The number of benzene rings is 2. The first-order chi connectivity index (χ1) is 11.6. The Morgan fingerprint density at radius 3 is 2.38 bits per heavy atom. The van der Waals surface area contributed by atoms with E-state index in [1.54, 1.807) is 0 Å². The molecule has 24 heavy (non-hydrogen) atoms. The molecule has 1 unspecified atom stereocenters. The van der Waals surface area contributed by atoms with Crippen molar-refractivity contribution in [3.8, 4) is 0 Å². The first-order valence-corrected chi connectivity index (χ1v) is 9.38. The molecule has 1 atom stereocenters. The zero-order valence-electron chi connectivity index (χ0n) is 14.6. The Kier molecular flexibility index (Phi) is 7.19. The maximum Gasteiger partial charge on any atom is 0.319 e. The van der Waals surface area contributed by atoms with Crippen molar-refractivity contribution in [3.05, 3.63) is 59.7 Å². The van der Waals surface area contributed by atoms with E-state index in [0.717, 1.165) is 17.9 Å². The van der Waals surface area contributed by atoms with Crippen LogP contribution in [0.25, 0.3) is 0 Å². The van der Waals surface area contributed by atoms with Crippen molar-refractivity contribution in [2.24, 2.45) is 5.92 Å². The second-order valence-corrected chi connectivity index (χ2v) is 7.21. The first-order valence-electron chi connectivity index (χ1n) is 8.40. The van der Waals surface area contributed by atoms with Gasteiger partial charge in [-0.05, 0) is 49.1 Å². The Bertz CT molecular complexity index is 638. The fourth-order valence-corrected chi connectivity index (χ4v) is 3.12. The number of nitrogens with one attached hydrogen (secondary N) is 2. The summed E-state index contributed by atoms with van der Waals surface area (Å²) >= 11 is 1.83. The standard InChI is InChI=1S/C20H26N2OS/c1-4-17-7-9-18(10-8-17)22-20(23)21-13-16(3)14-24-19-11-5-15(2)6-12-19/h5-12,16H,4,13-14H2,1-3H3,(H2,21,22,23). The van der Waals surface area contributed by atoms with E-state index in [0.29, 0.717) is 12.5 Å². The predicted molar refractivity (Wildman–Crippen MR) is 104 cm³/mol.